The van der Waals surface area contributed by atoms with Gasteiger partial charge in [-0.3, -0.25) is 4.79 Å². The van der Waals surface area contributed by atoms with E-state index < -0.39 is 0 Å². The fourth-order valence-corrected chi connectivity index (χ4v) is 3.21. The van der Waals surface area contributed by atoms with Crippen molar-refractivity contribution in [1.82, 2.24) is 0 Å². The van der Waals surface area contributed by atoms with Crippen LogP contribution in [-0.2, 0) is 14.3 Å². The molecule has 21 heavy (non-hydrogen) atoms. The Hall–Kier alpha value is -0.670. The summed E-state index contributed by atoms with van der Waals surface area (Å²) in [7, 11) is 0. The van der Waals surface area contributed by atoms with Crippen molar-refractivity contribution in [3.05, 3.63) is 12.2 Å². The molecule has 1 saturated heterocycles. The van der Waals surface area contributed by atoms with E-state index in [1.54, 1.807) is 0 Å². The van der Waals surface area contributed by atoms with E-state index in [1.807, 2.05) is 0 Å². The lowest BCUT2D eigenvalue weighted by Gasteiger charge is -2.21. The van der Waals surface area contributed by atoms with Crippen molar-refractivity contribution in [2.24, 2.45) is 5.92 Å². The van der Waals surface area contributed by atoms with Gasteiger partial charge < -0.3 is 9.47 Å². The van der Waals surface area contributed by atoms with Crippen LogP contribution < -0.4 is 0 Å². The standard InChI is InChI=1S/C18H30O3/c19-17-12-6-3-5-11-16(17)10-4-1-2-8-14-20-18-13-7-9-15-21-18/h2,8,16,18H,1,3-7,9-15H2/b8-2+. The number of rotatable bonds is 7. The van der Waals surface area contributed by atoms with Gasteiger partial charge in [-0.1, -0.05) is 25.0 Å². The van der Waals surface area contributed by atoms with Crippen molar-refractivity contribution in [2.75, 3.05) is 13.2 Å². The smallest absolute Gasteiger partial charge is 0.157 e. The van der Waals surface area contributed by atoms with E-state index in [9.17, 15) is 4.79 Å². The lowest BCUT2D eigenvalue weighted by atomic mass is 9.93. The van der Waals surface area contributed by atoms with Crippen LogP contribution >= 0.6 is 0 Å². The second-order valence-corrected chi connectivity index (χ2v) is 6.29. The number of allylic oxidation sites excluding steroid dienone is 1. The third-order valence-corrected chi connectivity index (χ3v) is 4.54. The molecule has 2 atom stereocenters. The van der Waals surface area contributed by atoms with Crippen molar-refractivity contribution in [2.45, 2.75) is 76.9 Å². The molecule has 2 fully saturated rings. The molecule has 0 aromatic heterocycles. The normalized spacial score (nSPS) is 27.9. The Morgan fingerprint density at radius 3 is 2.86 bits per heavy atom. The average molecular weight is 294 g/mol. The van der Waals surface area contributed by atoms with Crippen LogP contribution in [0.1, 0.15) is 70.6 Å². The molecule has 1 aliphatic carbocycles. The summed E-state index contributed by atoms with van der Waals surface area (Å²) in [6.45, 7) is 1.48. The van der Waals surface area contributed by atoms with Crippen LogP contribution in [0.5, 0.6) is 0 Å². The molecule has 0 amide bonds. The van der Waals surface area contributed by atoms with Crippen LogP contribution in [0.4, 0.5) is 0 Å². The number of Topliss-reactive ketones (excluding diaryl/α,β-unsaturated/α-hetero) is 1. The summed E-state index contributed by atoms with van der Waals surface area (Å²) in [5.74, 6) is 0.849. The van der Waals surface area contributed by atoms with Crippen LogP contribution in [-0.4, -0.2) is 25.3 Å². The highest BCUT2D eigenvalue weighted by Gasteiger charge is 2.19. The van der Waals surface area contributed by atoms with Crippen LogP contribution in [0.15, 0.2) is 12.2 Å². The second kappa shape index (κ2) is 10.1. The molecule has 0 aromatic carbocycles. The molecule has 0 N–H and O–H groups in total. The van der Waals surface area contributed by atoms with E-state index in [0.29, 0.717) is 18.3 Å². The van der Waals surface area contributed by atoms with Crippen molar-refractivity contribution in [1.29, 1.82) is 0 Å². The van der Waals surface area contributed by atoms with E-state index >= 15 is 0 Å². The molecule has 0 aromatic rings. The molecule has 1 saturated carbocycles. The minimum Gasteiger partial charge on any atom is -0.353 e. The summed E-state index contributed by atoms with van der Waals surface area (Å²) < 4.78 is 11.2. The highest BCUT2D eigenvalue weighted by Crippen LogP contribution is 2.24. The average Bonchev–Trinajstić information content (AvgIpc) is 2.72. The summed E-state index contributed by atoms with van der Waals surface area (Å²) >= 11 is 0. The van der Waals surface area contributed by atoms with Gasteiger partial charge in [0.2, 0.25) is 0 Å². The first-order chi connectivity index (χ1) is 10.4. The zero-order valence-corrected chi connectivity index (χ0v) is 13.2. The molecule has 2 unspecified atom stereocenters. The monoisotopic (exact) mass is 294 g/mol. The first-order valence-electron chi connectivity index (χ1n) is 8.77. The molecule has 1 heterocycles. The van der Waals surface area contributed by atoms with E-state index in [2.05, 4.69) is 12.2 Å². The Morgan fingerprint density at radius 1 is 1.10 bits per heavy atom. The fourth-order valence-electron chi connectivity index (χ4n) is 3.21. The first kappa shape index (κ1) is 16.7. The molecule has 3 nitrogen and oxygen atoms in total. The summed E-state index contributed by atoms with van der Waals surface area (Å²) in [5, 5.41) is 0. The summed E-state index contributed by atoms with van der Waals surface area (Å²) in [6.07, 6.45) is 16.4. The molecule has 2 aliphatic rings. The maximum atomic E-state index is 11.9. The molecule has 0 radical (unpaired) electrons. The van der Waals surface area contributed by atoms with Crippen molar-refractivity contribution in [3.63, 3.8) is 0 Å². The van der Waals surface area contributed by atoms with Gasteiger partial charge in [-0.05, 0) is 51.4 Å². The lowest BCUT2D eigenvalue weighted by molar-refractivity contribution is -0.155. The Labute approximate surface area is 129 Å². The van der Waals surface area contributed by atoms with E-state index in [-0.39, 0.29) is 6.29 Å². The minimum absolute atomic E-state index is 0.00649. The predicted molar refractivity (Wildman–Crippen MR) is 84.1 cm³/mol. The SMILES string of the molecule is O=C1CCCCCC1CCC/C=C/COC1CCCCO1. The van der Waals surface area contributed by atoms with E-state index in [4.69, 9.17) is 9.47 Å². The van der Waals surface area contributed by atoms with Gasteiger partial charge >= 0.3 is 0 Å². The summed E-state index contributed by atoms with van der Waals surface area (Å²) in [5.41, 5.74) is 0. The Balaban J connectivity index is 1.50. The van der Waals surface area contributed by atoms with Gasteiger partial charge in [0.25, 0.3) is 0 Å². The topological polar surface area (TPSA) is 35.5 Å². The van der Waals surface area contributed by atoms with E-state index in [0.717, 1.165) is 58.0 Å². The molecule has 3 heteroatoms. The molecule has 0 bridgehead atoms. The van der Waals surface area contributed by atoms with Crippen LogP contribution in [0.25, 0.3) is 0 Å². The zero-order valence-electron chi connectivity index (χ0n) is 13.2. The largest absolute Gasteiger partial charge is 0.353 e. The number of unbranched alkanes of at least 4 members (excludes halogenated alkanes) is 1. The van der Waals surface area contributed by atoms with Crippen molar-refractivity contribution >= 4 is 5.78 Å². The van der Waals surface area contributed by atoms with Gasteiger partial charge in [-0.15, -0.1) is 0 Å². The molecular formula is C18H30O3. The van der Waals surface area contributed by atoms with Gasteiger partial charge in [0.1, 0.15) is 5.78 Å². The van der Waals surface area contributed by atoms with Crippen molar-refractivity contribution < 1.29 is 14.3 Å². The van der Waals surface area contributed by atoms with Gasteiger partial charge in [0.05, 0.1) is 6.61 Å². The van der Waals surface area contributed by atoms with Gasteiger partial charge in [-0.25, -0.2) is 0 Å². The molecule has 2 rings (SSSR count). The predicted octanol–water partition coefficient (Wildman–Crippen LogP) is 4.41. The number of carbonyl (C=O) groups is 1. The van der Waals surface area contributed by atoms with Crippen LogP contribution in [0.2, 0.25) is 0 Å². The van der Waals surface area contributed by atoms with Crippen LogP contribution in [0.3, 0.4) is 0 Å². The number of hydrogen-bond donors (Lipinski definition) is 0. The quantitative estimate of drug-likeness (QED) is 0.396. The highest BCUT2D eigenvalue weighted by atomic mass is 16.7. The number of ether oxygens (including phenoxy) is 2. The molecule has 1 aliphatic heterocycles. The molecular weight excluding hydrogens is 264 g/mol. The Bertz CT molecular complexity index is 318. The fraction of sp³-hybridized carbons (Fsp3) is 0.833. The van der Waals surface area contributed by atoms with Gasteiger partial charge in [-0.2, -0.15) is 0 Å². The number of hydrogen-bond acceptors (Lipinski definition) is 3. The van der Waals surface area contributed by atoms with Crippen molar-refractivity contribution in [3.8, 4) is 0 Å². The maximum Gasteiger partial charge on any atom is 0.157 e. The summed E-state index contributed by atoms with van der Waals surface area (Å²) in [4.78, 5) is 11.9. The van der Waals surface area contributed by atoms with Gasteiger partial charge in [0.15, 0.2) is 6.29 Å². The highest BCUT2D eigenvalue weighted by molar-refractivity contribution is 5.81. The Kier molecular flexibility index (Phi) is 8.05. The number of carbonyl (C=O) groups excluding carboxylic acids is 1. The number of ketones is 1. The van der Waals surface area contributed by atoms with E-state index in [1.165, 1.54) is 19.3 Å². The molecule has 120 valence electrons. The third kappa shape index (κ3) is 6.75. The Morgan fingerprint density at radius 2 is 2.00 bits per heavy atom. The van der Waals surface area contributed by atoms with Crippen LogP contribution in [0, 0.1) is 5.92 Å². The zero-order chi connectivity index (χ0) is 14.8. The lowest BCUT2D eigenvalue weighted by Crippen LogP contribution is -2.22. The third-order valence-electron chi connectivity index (χ3n) is 4.54. The summed E-state index contributed by atoms with van der Waals surface area (Å²) in [6, 6.07) is 0. The first-order valence-corrected chi connectivity index (χ1v) is 8.77. The second-order valence-electron chi connectivity index (χ2n) is 6.29. The maximum absolute atomic E-state index is 11.9. The minimum atomic E-state index is 0.00649. The molecule has 0 spiro atoms. The van der Waals surface area contributed by atoms with Gasteiger partial charge in [0, 0.05) is 18.9 Å².